The third-order valence-corrected chi connectivity index (χ3v) is 6.69. The molecular formula is C25H24N2O5S. The van der Waals surface area contributed by atoms with E-state index in [4.69, 9.17) is 4.74 Å². The van der Waals surface area contributed by atoms with Crippen LogP contribution in [0.4, 0.5) is 4.79 Å². The highest BCUT2D eigenvalue weighted by Crippen LogP contribution is 2.36. The second-order valence-electron chi connectivity index (χ2n) is 7.81. The van der Waals surface area contributed by atoms with Gasteiger partial charge in [0.25, 0.3) is 5.91 Å². The topological polar surface area (TPSA) is 92.8 Å². The number of ether oxygens (including phenoxy) is 1. The van der Waals surface area contributed by atoms with Gasteiger partial charge in [0.1, 0.15) is 5.75 Å². The lowest BCUT2D eigenvalue weighted by Crippen LogP contribution is -2.45. The second kappa shape index (κ2) is 9.07. The standard InChI is InChI=1S/C25H24N2O5S/c1-33(30,31)22-15-13-21(14-16-22)32-18-8-17-27-23(28)25(26-24(27)29,19-9-4-2-5-10-19)20-11-6-3-7-12-20/h2-7,9-16H,8,17-18H2,1H3,(H,26,29). The Morgan fingerprint density at radius 2 is 1.39 bits per heavy atom. The van der Waals surface area contributed by atoms with Crippen molar-refractivity contribution >= 4 is 21.8 Å². The minimum Gasteiger partial charge on any atom is -0.494 e. The maximum Gasteiger partial charge on any atom is 0.325 e. The van der Waals surface area contributed by atoms with Crippen LogP contribution in [-0.2, 0) is 20.2 Å². The average molecular weight is 465 g/mol. The number of carbonyl (C=O) groups excluding carboxylic acids is 2. The summed E-state index contributed by atoms with van der Waals surface area (Å²) in [6.45, 7) is 0.451. The minimum atomic E-state index is -3.27. The van der Waals surface area contributed by atoms with Gasteiger partial charge in [-0.05, 0) is 41.8 Å². The summed E-state index contributed by atoms with van der Waals surface area (Å²) in [6.07, 6.45) is 1.57. The lowest BCUT2D eigenvalue weighted by molar-refractivity contribution is -0.130. The Balaban J connectivity index is 1.46. The van der Waals surface area contributed by atoms with Gasteiger partial charge in [0.05, 0.1) is 11.5 Å². The number of hydrogen-bond acceptors (Lipinski definition) is 5. The summed E-state index contributed by atoms with van der Waals surface area (Å²) in [5, 5.41) is 2.92. The molecule has 3 aromatic carbocycles. The number of sulfone groups is 1. The molecule has 0 bridgehead atoms. The maximum absolute atomic E-state index is 13.6. The van der Waals surface area contributed by atoms with Crippen LogP contribution in [0.5, 0.6) is 5.75 Å². The van der Waals surface area contributed by atoms with Crippen molar-refractivity contribution in [1.82, 2.24) is 10.2 Å². The summed E-state index contributed by atoms with van der Waals surface area (Å²) in [5.74, 6) is 0.185. The fraction of sp³-hybridized carbons (Fsp3) is 0.200. The first-order valence-corrected chi connectivity index (χ1v) is 12.4. The van der Waals surface area contributed by atoms with E-state index in [-0.39, 0.29) is 24.0 Å². The van der Waals surface area contributed by atoms with Gasteiger partial charge in [-0.3, -0.25) is 9.69 Å². The van der Waals surface area contributed by atoms with E-state index in [0.29, 0.717) is 23.3 Å². The van der Waals surface area contributed by atoms with E-state index < -0.39 is 21.4 Å². The molecule has 0 unspecified atom stereocenters. The Morgan fingerprint density at radius 3 is 1.91 bits per heavy atom. The van der Waals surface area contributed by atoms with Crippen molar-refractivity contribution in [2.75, 3.05) is 19.4 Å². The van der Waals surface area contributed by atoms with Crippen LogP contribution in [0.15, 0.2) is 89.8 Å². The van der Waals surface area contributed by atoms with E-state index in [1.54, 1.807) is 12.1 Å². The van der Waals surface area contributed by atoms with Gasteiger partial charge in [0.15, 0.2) is 15.4 Å². The molecule has 1 aliphatic heterocycles. The van der Waals surface area contributed by atoms with E-state index in [9.17, 15) is 18.0 Å². The number of nitrogens with one attached hydrogen (secondary N) is 1. The normalized spacial score (nSPS) is 15.4. The highest BCUT2D eigenvalue weighted by molar-refractivity contribution is 7.90. The molecule has 0 radical (unpaired) electrons. The van der Waals surface area contributed by atoms with Gasteiger partial charge in [-0.15, -0.1) is 0 Å². The van der Waals surface area contributed by atoms with Crippen LogP contribution in [-0.4, -0.2) is 44.7 Å². The molecule has 4 rings (SSSR count). The molecule has 170 valence electrons. The zero-order valence-corrected chi connectivity index (χ0v) is 18.9. The largest absolute Gasteiger partial charge is 0.494 e. The SMILES string of the molecule is CS(=O)(=O)c1ccc(OCCCN2C(=O)NC(c3ccccc3)(c3ccccc3)C2=O)cc1. The molecule has 33 heavy (non-hydrogen) atoms. The number of hydrogen-bond donors (Lipinski definition) is 1. The van der Waals surface area contributed by atoms with Crippen LogP contribution in [0.3, 0.4) is 0 Å². The van der Waals surface area contributed by atoms with Gasteiger partial charge in [-0.1, -0.05) is 60.7 Å². The fourth-order valence-electron chi connectivity index (χ4n) is 3.91. The van der Waals surface area contributed by atoms with Crippen LogP contribution in [0, 0.1) is 0 Å². The highest BCUT2D eigenvalue weighted by atomic mass is 32.2. The smallest absolute Gasteiger partial charge is 0.325 e. The van der Waals surface area contributed by atoms with Crippen LogP contribution in [0.2, 0.25) is 0 Å². The van der Waals surface area contributed by atoms with E-state index in [1.165, 1.54) is 17.0 Å². The molecule has 0 saturated carbocycles. The molecule has 3 amide bonds. The van der Waals surface area contributed by atoms with Gasteiger partial charge >= 0.3 is 6.03 Å². The fourth-order valence-corrected chi connectivity index (χ4v) is 4.54. The Kier molecular flexibility index (Phi) is 6.20. The Bertz CT molecular complexity index is 1200. The number of nitrogens with zero attached hydrogens (tertiary/aromatic N) is 1. The second-order valence-corrected chi connectivity index (χ2v) is 9.83. The molecule has 8 heteroatoms. The predicted octanol–water partition coefficient (Wildman–Crippen LogP) is 3.35. The first-order chi connectivity index (χ1) is 15.8. The first-order valence-electron chi connectivity index (χ1n) is 10.5. The molecule has 0 spiro atoms. The van der Waals surface area contributed by atoms with E-state index >= 15 is 0 Å². The zero-order valence-electron chi connectivity index (χ0n) is 18.1. The van der Waals surface area contributed by atoms with Crippen LogP contribution >= 0.6 is 0 Å². The monoisotopic (exact) mass is 464 g/mol. The van der Waals surface area contributed by atoms with Gasteiger partial charge in [-0.25, -0.2) is 13.2 Å². The molecule has 1 heterocycles. The molecule has 1 aliphatic rings. The van der Waals surface area contributed by atoms with E-state index in [2.05, 4.69) is 5.32 Å². The van der Waals surface area contributed by atoms with Crippen molar-refractivity contribution in [3.63, 3.8) is 0 Å². The van der Waals surface area contributed by atoms with Gasteiger partial charge < -0.3 is 10.1 Å². The number of carbonyl (C=O) groups is 2. The number of rotatable bonds is 8. The summed E-state index contributed by atoms with van der Waals surface area (Å²) >= 11 is 0. The van der Waals surface area contributed by atoms with Gasteiger partial charge in [-0.2, -0.15) is 0 Å². The number of benzene rings is 3. The summed E-state index contributed by atoms with van der Waals surface area (Å²) in [6, 6.07) is 24.1. The maximum atomic E-state index is 13.6. The molecular weight excluding hydrogens is 440 g/mol. The quantitative estimate of drug-likeness (QED) is 0.408. The number of imide groups is 1. The van der Waals surface area contributed by atoms with Crippen molar-refractivity contribution in [2.45, 2.75) is 16.9 Å². The Labute approximate surface area is 192 Å². The predicted molar refractivity (Wildman–Crippen MR) is 124 cm³/mol. The summed E-state index contributed by atoms with van der Waals surface area (Å²) in [4.78, 5) is 27.9. The first kappa shape index (κ1) is 22.5. The van der Waals surface area contributed by atoms with Crippen molar-refractivity contribution in [3.8, 4) is 5.75 Å². The Morgan fingerprint density at radius 1 is 0.848 bits per heavy atom. The molecule has 1 saturated heterocycles. The van der Waals surface area contributed by atoms with Crippen molar-refractivity contribution in [1.29, 1.82) is 0 Å². The van der Waals surface area contributed by atoms with Crippen molar-refractivity contribution in [2.24, 2.45) is 0 Å². The molecule has 1 fully saturated rings. The molecule has 3 aromatic rings. The Hall–Kier alpha value is -3.65. The summed E-state index contributed by atoms with van der Waals surface area (Å²) < 4.78 is 28.8. The molecule has 0 aliphatic carbocycles. The van der Waals surface area contributed by atoms with E-state index in [1.807, 2.05) is 60.7 Å². The van der Waals surface area contributed by atoms with Crippen molar-refractivity contribution < 1.29 is 22.7 Å². The minimum absolute atomic E-state index is 0.188. The average Bonchev–Trinajstić information content (AvgIpc) is 3.08. The van der Waals surface area contributed by atoms with E-state index in [0.717, 1.165) is 6.26 Å². The zero-order chi connectivity index (χ0) is 23.5. The summed E-state index contributed by atoms with van der Waals surface area (Å²) in [5.41, 5.74) is 0.112. The lowest BCUT2D eigenvalue weighted by Gasteiger charge is -2.28. The van der Waals surface area contributed by atoms with Crippen LogP contribution < -0.4 is 10.1 Å². The van der Waals surface area contributed by atoms with Gasteiger partial charge in [0.2, 0.25) is 0 Å². The van der Waals surface area contributed by atoms with Crippen LogP contribution in [0.25, 0.3) is 0 Å². The summed E-state index contributed by atoms with van der Waals surface area (Å²) in [7, 11) is -3.27. The lowest BCUT2D eigenvalue weighted by atomic mass is 9.82. The molecule has 7 nitrogen and oxygen atoms in total. The molecule has 0 aromatic heterocycles. The third-order valence-electron chi connectivity index (χ3n) is 5.57. The highest BCUT2D eigenvalue weighted by Gasteiger charge is 2.53. The van der Waals surface area contributed by atoms with Gasteiger partial charge in [0, 0.05) is 12.8 Å². The van der Waals surface area contributed by atoms with Crippen molar-refractivity contribution in [3.05, 3.63) is 96.1 Å². The third kappa shape index (κ3) is 4.47. The van der Waals surface area contributed by atoms with Crippen LogP contribution in [0.1, 0.15) is 17.5 Å². The number of amides is 3. The molecule has 1 N–H and O–H groups in total. The number of urea groups is 1. The molecule has 0 atom stereocenters.